The van der Waals surface area contributed by atoms with E-state index in [-0.39, 0.29) is 18.4 Å². The number of carboxylic acid groups (broad SMARTS) is 1. The van der Waals surface area contributed by atoms with Crippen LogP contribution in [-0.2, 0) is 14.3 Å². The third kappa shape index (κ3) is 7.78. The second kappa shape index (κ2) is 9.82. The Bertz CT molecular complexity index is 357. The molecule has 1 rings (SSSR count). The number of rotatable bonds is 9. The fourth-order valence-electron chi connectivity index (χ4n) is 3.09. The lowest BCUT2D eigenvalue weighted by Crippen LogP contribution is -2.40. The topological polar surface area (TPSA) is 66.8 Å². The SMILES string of the molecule is CC(C)CC(C)OCCC(=O)N1CCCC(CCC(=O)O)C1. The van der Waals surface area contributed by atoms with Crippen LogP contribution in [-0.4, -0.2) is 47.7 Å². The van der Waals surface area contributed by atoms with Crippen LogP contribution in [0.3, 0.4) is 0 Å². The van der Waals surface area contributed by atoms with Crippen molar-refractivity contribution in [2.75, 3.05) is 19.7 Å². The van der Waals surface area contributed by atoms with Gasteiger partial charge in [0.15, 0.2) is 0 Å². The second-order valence-corrected chi connectivity index (χ2v) is 6.84. The highest BCUT2D eigenvalue weighted by Crippen LogP contribution is 2.21. The zero-order valence-corrected chi connectivity index (χ0v) is 14.2. The van der Waals surface area contributed by atoms with Gasteiger partial charge >= 0.3 is 5.97 Å². The monoisotopic (exact) mass is 313 g/mol. The molecule has 2 atom stereocenters. The summed E-state index contributed by atoms with van der Waals surface area (Å²) in [7, 11) is 0. The smallest absolute Gasteiger partial charge is 0.303 e. The van der Waals surface area contributed by atoms with E-state index in [1.165, 1.54) is 0 Å². The Hall–Kier alpha value is -1.10. The van der Waals surface area contributed by atoms with E-state index >= 15 is 0 Å². The summed E-state index contributed by atoms with van der Waals surface area (Å²) in [6.07, 6.45) is 4.49. The molecule has 0 aromatic carbocycles. The van der Waals surface area contributed by atoms with E-state index in [2.05, 4.69) is 13.8 Å². The first-order valence-electron chi connectivity index (χ1n) is 8.49. The van der Waals surface area contributed by atoms with Gasteiger partial charge in [-0.15, -0.1) is 0 Å². The highest BCUT2D eigenvalue weighted by atomic mass is 16.5. The van der Waals surface area contributed by atoms with E-state index in [1.807, 2.05) is 11.8 Å². The van der Waals surface area contributed by atoms with Crippen LogP contribution in [0.2, 0.25) is 0 Å². The van der Waals surface area contributed by atoms with Crippen molar-refractivity contribution >= 4 is 11.9 Å². The van der Waals surface area contributed by atoms with Gasteiger partial charge in [0.1, 0.15) is 0 Å². The van der Waals surface area contributed by atoms with Crippen molar-refractivity contribution in [3.8, 4) is 0 Å². The fraction of sp³-hybridized carbons (Fsp3) is 0.882. The van der Waals surface area contributed by atoms with Gasteiger partial charge in [0.05, 0.1) is 19.1 Å². The van der Waals surface area contributed by atoms with E-state index in [9.17, 15) is 9.59 Å². The molecule has 1 amide bonds. The van der Waals surface area contributed by atoms with E-state index in [0.29, 0.717) is 37.8 Å². The van der Waals surface area contributed by atoms with Gasteiger partial charge in [0, 0.05) is 19.5 Å². The number of carbonyl (C=O) groups excluding carboxylic acids is 1. The van der Waals surface area contributed by atoms with Crippen molar-refractivity contribution in [1.82, 2.24) is 4.90 Å². The van der Waals surface area contributed by atoms with Gasteiger partial charge in [0.25, 0.3) is 0 Å². The molecule has 5 heteroatoms. The number of likely N-dealkylation sites (tertiary alicyclic amines) is 1. The van der Waals surface area contributed by atoms with Crippen molar-refractivity contribution in [3.05, 3.63) is 0 Å². The van der Waals surface area contributed by atoms with Gasteiger partial charge in [-0.3, -0.25) is 9.59 Å². The molecule has 1 saturated heterocycles. The van der Waals surface area contributed by atoms with Crippen LogP contribution in [0.25, 0.3) is 0 Å². The van der Waals surface area contributed by atoms with E-state index < -0.39 is 5.97 Å². The molecule has 0 saturated carbocycles. The minimum atomic E-state index is -0.754. The number of ether oxygens (including phenoxy) is 1. The summed E-state index contributed by atoms with van der Waals surface area (Å²) in [5, 5.41) is 8.75. The summed E-state index contributed by atoms with van der Waals surface area (Å²) >= 11 is 0. The Morgan fingerprint density at radius 1 is 1.27 bits per heavy atom. The van der Waals surface area contributed by atoms with Gasteiger partial charge in [-0.1, -0.05) is 13.8 Å². The summed E-state index contributed by atoms with van der Waals surface area (Å²) in [5.74, 6) is 0.310. The highest BCUT2D eigenvalue weighted by molar-refractivity contribution is 5.76. The second-order valence-electron chi connectivity index (χ2n) is 6.84. The molecule has 0 spiro atoms. The van der Waals surface area contributed by atoms with Crippen LogP contribution in [0.4, 0.5) is 0 Å². The normalized spacial score (nSPS) is 20.2. The molecular weight excluding hydrogens is 282 g/mol. The van der Waals surface area contributed by atoms with Crippen molar-refractivity contribution in [1.29, 1.82) is 0 Å². The maximum Gasteiger partial charge on any atom is 0.303 e. The Morgan fingerprint density at radius 3 is 2.64 bits per heavy atom. The Kier molecular flexibility index (Phi) is 8.46. The Balaban J connectivity index is 2.25. The predicted molar refractivity (Wildman–Crippen MR) is 85.7 cm³/mol. The summed E-state index contributed by atoms with van der Waals surface area (Å²) in [6.45, 7) is 8.35. The van der Waals surface area contributed by atoms with Crippen LogP contribution in [0.1, 0.15) is 59.3 Å². The average Bonchev–Trinajstić information content (AvgIpc) is 2.44. The highest BCUT2D eigenvalue weighted by Gasteiger charge is 2.23. The van der Waals surface area contributed by atoms with Crippen LogP contribution in [0.15, 0.2) is 0 Å². The molecular formula is C17H31NO4. The van der Waals surface area contributed by atoms with Crippen LogP contribution in [0, 0.1) is 11.8 Å². The molecule has 0 aromatic heterocycles. The van der Waals surface area contributed by atoms with Gasteiger partial charge in [-0.25, -0.2) is 0 Å². The van der Waals surface area contributed by atoms with Crippen LogP contribution in [0.5, 0.6) is 0 Å². The molecule has 22 heavy (non-hydrogen) atoms. The first kappa shape index (κ1) is 18.9. The third-order valence-corrected chi connectivity index (χ3v) is 4.16. The maximum absolute atomic E-state index is 12.2. The quantitative estimate of drug-likeness (QED) is 0.710. The zero-order chi connectivity index (χ0) is 16.5. The maximum atomic E-state index is 12.2. The summed E-state index contributed by atoms with van der Waals surface area (Å²) in [6, 6.07) is 0. The molecule has 5 nitrogen and oxygen atoms in total. The molecule has 0 aromatic rings. The molecule has 0 aliphatic carbocycles. The molecule has 0 radical (unpaired) electrons. The van der Waals surface area contributed by atoms with Crippen LogP contribution < -0.4 is 0 Å². The van der Waals surface area contributed by atoms with E-state index in [0.717, 1.165) is 25.8 Å². The number of amides is 1. The number of hydrogen-bond donors (Lipinski definition) is 1. The minimum absolute atomic E-state index is 0.136. The molecule has 2 unspecified atom stereocenters. The molecule has 128 valence electrons. The molecule has 0 bridgehead atoms. The van der Waals surface area contributed by atoms with Crippen LogP contribution >= 0.6 is 0 Å². The largest absolute Gasteiger partial charge is 0.481 e. The third-order valence-electron chi connectivity index (χ3n) is 4.16. The number of hydrogen-bond acceptors (Lipinski definition) is 3. The first-order chi connectivity index (χ1) is 10.4. The molecule has 1 aliphatic rings. The van der Waals surface area contributed by atoms with E-state index in [1.54, 1.807) is 0 Å². The van der Waals surface area contributed by atoms with Crippen molar-refractivity contribution in [3.63, 3.8) is 0 Å². The van der Waals surface area contributed by atoms with Gasteiger partial charge in [-0.05, 0) is 44.4 Å². The number of carbonyl (C=O) groups is 2. The van der Waals surface area contributed by atoms with Crippen molar-refractivity contribution in [2.24, 2.45) is 11.8 Å². The molecule has 1 aliphatic heterocycles. The minimum Gasteiger partial charge on any atom is -0.481 e. The fourth-order valence-corrected chi connectivity index (χ4v) is 3.09. The van der Waals surface area contributed by atoms with E-state index in [4.69, 9.17) is 9.84 Å². The van der Waals surface area contributed by atoms with Gasteiger partial charge in [-0.2, -0.15) is 0 Å². The molecule has 1 heterocycles. The first-order valence-corrected chi connectivity index (χ1v) is 8.49. The van der Waals surface area contributed by atoms with Gasteiger partial charge < -0.3 is 14.7 Å². The molecule has 1 fully saturated rings. The lowest BCUT2D eigenvalue weighted by molar-refractivity contribution is -0.137. The summed E-state index contributed by atoms with van der Waals surface area (Å²) in [5.41, 5.74) is 0. The Labute approximate surface area is 134 Å². The molecule has 1 N–H and O–H groups in total. The predicted octanol–water partition coefficient (Wildman–Crippen LogP) is 2.93. The lowest BCUT2D eigenvalue weighted by atomic mass is 9.93. The summed E-state index contributed by atoms with van der Waals surface area (Å²) in [4.78, 5) is 24.7. The van der Waals surface area contributed by atoms with Gasteiger partial charge in [0.2, 0.25) is 5.91 Å². The van der Waals surface area contributed by atoms with Crippen molar-refractivity contribution < 1.29 is 19.4 Å². The lowest BCUT2D eigenvalue weighted by Gasteiger charge is -2.32. The number of carboxylic acids is 1. The standard InChI is InChI=1S/C17H31NO4/c1-13(2)11-14(3)22-10-8-16(19)18-9-4-5-15(12-18)6-7-17(20)21/h13-15H,4-12H2,1-3H3,(H,20,21). The Morgan fingerprint density at radius 2 is 2.00 bits per heavy atom. The number of aliphatic carboxylic acids is 1. The number of piperidine rings is 1. The summed E-state index contributed by atoms with van der Waals surface area (Å²) < 4.78 is 5.69. The number of nitrogens with zero attached hydrogens (tertiary/aromatic N) is 1. The van der Waals surface area contributed by atoms with Crippen molar-refractivity contribution in [2.45, 2.75) is 65.4 Å². The zero-order valence-electron chi connectivity index (χ0n) is 14.2. The average molecular weight is 313 g/mol.